The average molecular weight is 502 g/mol. The van der Waals surface area contributed by atoms with Gasteiger partial charge in [-0.1, -0.05) is 27.7 Å². The van der Waals surface area contributed by atoms with Gasteiger partial charge in [0.15, 0.2) is 0 Å². The first kappa shape index (κ1) is 31.8. The van der Waals surface area contributed by atoms with E-state index in [0.29, 0.717) is 6.42 Å². The van der Waals surface area contributed by atoms with Gasteiger partial charge in [0.1, 0.15) is 18.1 Å². The molecule has 4 amide bonds. The van der Waals surface area contributed by atoms with E-state index in [1.807, 2.05) is 13.8 Å². The molecule has 0 aliphatic heterocycles. The number of carbonyl (C=O) groups is 6. The van der Waals surface area contributed by atoms with Crippen molar-refractivity contribution >= 4 is 35.6 Å². The fraction of sp³-hybridized carbons (Fsp3) is 0.727. The van der Waals surface area contributed by atoms with Gasteiger partial charge in [-0.15, -0.1) is 0 Å². The summed E-state index contributed by atoms with van der Waals surface area (Å²) in [4.78, 5) is 71.9. The minimum Gasteiger partial charge on any atom is -0.481 e. The molecule has 4 atom stereocenters. The molecule has 0 heterocycles. The molecule has 13 nitrogen and oxygen atoms in total. The summed E-state index contributed by atoms with van der Waals surface area (Å²) in [7, 11) is 0. The van der Waals surface area contributed by atoms with Gasteiger partial charge >= 0.3 is 11.9 Å². The number of carbonyl (C=O) groups excluding carboxylic acids is 4. The van der Waals surface area contributed by atoms with Crippen LogP contribution in [-0.4, -0.2) is 69.9 Å². The number of carboxylic acids is 2. The number of aliphatic carboxylic acids is 2. The van der Waals surface area contributed by atoms with Crippen LogP contribution in [0.1, 0.15) is 66.2 Å². The Morgan fingerprint density at radius 3 is 1.51 bits per heavy atom. The molecule has 0 aromatic rings. The monoisotopic (exact) mass is 501 g/mol. The number of carboxylic acid groups (broad SMARTS) is 2. The van der Waals surface area contributed by atoms with Crippen molar-refractivity contribution in [3.05, 3.63) is 0 Å². The lowest BCUT2D eigenvalue weighted by molar-refractivity contribution is -0.143. The molecule has 0 spiro atoms. The third-order valence-corrected chi connectivity index (χ3v) is 4.98. The van der Waals surface area contributed by atoms with E-state index in [1.54, 1.807) is 13.8 Å². The molecule has 0 bridgehead atoms. The van der Waals surface area contributed by atoms with E-state index in [0.717, 1.165) is 0 Å². The molecular weight excluding hydrogens is 462 g/mol. The molecule has 0 saturated heterocycles. The Morgan fingerprint density at radius 1 is 0.686 bits per heavy atom. The number of nitrogens with one attached hydrogen (secondary N) is 3. The smallest absolute Gasteiger partial charge is 0.326 e. The zero-order valence-electron chi connectivity index (χ0n) is 20.7. The van der Waals surface area contributed by atoms with Crippen molar-refractivity contribution in [2.45, 2.75) is 90.4 Å². The predicted octanol–water partition coefficient (Wildman–Crippen LogP) is -0.925. The first-order valence-electron chi connectivity index (χ1n) is 11.5. The van der Waals surface area contributed by atoms with Gasteiger partial charge in [0.05, 0.1) is 6.04 Å². The van der Waals surface area contributed by atoms with E-state index in [9.17, 15) is 33.9 Å². The summed E-state index contributed by atoms with van der Waals surface area (Å²) in [5.74, 6) is -5.58. The van der Waals surface area contributed by atoms with Crippen molar-refractivity contribution < 1.29 is 39.0 Å². The van der Waals surface area contributed by atoms with Gasteiger partial charge < -0.3 is 37.6 Å². The third kappa shape index (κ3) is 13.9. The lowest BCUT2D eigenvalue weighted by Crippen LogP contribution is -2.57. The van der Waals surface area contributed by atoms with Crippen LogP contribution in [0.25, 0.3) is 0 Å². The molecule has 9 N–H and O–H groups in total. The summed E-state index contributed by atoms with van der Waals surface area (Å²) in [5.41, 5.74) is 11.0. The van der Waals surface area contributed by atoms with Crippen LogP contribution >= 0.6 is 0 Å². The van der Waals surface area contributed by atoms with Gasteiger partial charge in [0, 0.05) is 12.8 Å². The largest absolute Gasteiger partial charge is 0.481 e. The van der Waals surface area contributed by atoms with Crippen LogP contribution in [0.5, 0.6) is 0 Å². The zero-order valence-corrected chi connectivity index (χ0v) is 20.7. The van der Waals surface area contributed by atoms with E-state index in [4.69, 9.17) is 16.6 Å². The number of hydrogen-bond donors (Lipinski definition) is 7. The highest BCUT2D eigenvalue weighted by atomic mass is 16.4. The molecule has 0 saturated carbocycles. The number of hydrogen-bond acceptors (Lipinski definition) is 7. The van der Waals surface area contributed by atoms with E-state index in [2.05, 4.69) is 16.0 Å². The molecular formula is C22H39N5O8. The molecule has 0 aromatic heterocycles. The minimum absolute atomic E-state index is 0.0631. The van der Waals surface area contributed by atoms with Gasteiger partial charge in [0.2, 0.25) is 23.6 Å². The highest BCUT2D eigenvalue weighted by molar-refractivity contribution is 5.94. The second-order valence-electron chi connectivity index (χ2n) is 9.32. The summed E-state index contributed by atoms with van der Waals surface area (Å²) in [6.45, 7) is 7.25. The normalized spacial score (nSPS) is 14.5. The Kier molecular flexibility index (Phi) is 14.2. The van der Waals surface area contributed by atoms with Crippen LogP contribution in [0.2, 0.25) is 0 Å². The summed E-state index contributed by atoms with van der Waals surface area (Å²) in [6.07, 6.45) is -0.793. The predicted molar refractivity (Wildman–Crippen MR) is 126 cm³/mol. The summed E-state index contributed by atoms with van der Waals surface area (Å²) in [5, 5.41) is 25.5. The van der Waals surface area contributed by atoms with E-state index in [1.165, 1.54) is 0 Å². The number of rotatable bonds is 17. The molecule has 0 aliphatic rings. The maximum atomic E-state index is 12.9. The standard InChI is InChI=1S/C22H39N5O8/c1-11(2)9-13(23)19(31)25-14(5-7-17(24)28)20(32)26-15(6-8-18(29)30)21(33)27-16(22(34)35)10-12(3)4/h11-16H,5-10,23H2,1-4H3,(H2,24,28)(H,25,31)(H,26,32)(H,27,33)(H,29,30)(H,34,35). The Labute approximate surface area is 204 Å². The first-order chi connectivity index (χ1) is 16.1. The van der Waals surface area contributed by atoms with E-state index < -0.39 is 66.2 Å². The topological polar surface area (TPSA) is 231 Å². The van der Waals surface area contributed by atoms with Gasteiger partial charge in [-0.05, 0) is 37.5 Å². The Balaban J connectivity index is 5.64. The highest BCUT2D eigenvalue weighted by Gasteiger charge is 2.31. The van der Waals surface area contributed by atoms with Crippen molar-refractivity contribution in [1.29, 1.82) is 0 Å². The van der Waals surface area contributed by atoms with Crippen LogP contribution < -0.4 is 27.4 Å². The fourth-order valence-corrected chi connectivity index (χ4v) is 3.22. The van der Waals surface area contributed by atoms with Gasteiger partial charge in [0.25, 0.3) is 0 Å². The molecule has 0 aliphatic carbocycles. The van der Waals surface area contributed by atoms with Crippen molar-refractivity contribution in [3.63, 3.8) is 0 Å². The zero-order chi connectivity index (χ0) is 27.3. The van der Waals surface area contributed by atoms with Crippen molar-refractivity contribution in [1.82, 2.24) is 16.0 Å². The lowest BCUT2D eigenvalue weighted by Gasteiger charge is -2.25. The van der Waals surface area contributed by atoms with Crippen LogP contribution in [0.3, 0.4) is 0 Å². The average Bonchev–Trinajstić information content (AvgIpc) is 2.71. The van der Waals surface area contributed by atoms with E-state index >= 15 is 0 Å². The second-order valence-corrected chi connectivity index (χ2v) is 9.32. The van der Waals surface area contributed by atoms with Gasteiger partial charge in [-0.2, -0.15) is 0 Å². The summed E-state index contributed by atoms with van der Waals surface area (Å²) in [6, 6.07) is -4.84. The quantitative estimate of drug-likeness (QED) is 0.130. The minimum atomic E-state index is -1.40. The molecule has 4 unspecified atom stereocenters. The Bertz CT molecular complexity index is 771. The number of nitrogens with two attached hydrogens (primary N) is 2. The lowest BCUT2D eigenvalue weighted by atomic mass is 10.0. The third-order valence-electron chi connectivity index (χ3n) is 4.98. The maximum Gasteiger partial charge on any atom is 0.326 e. The molecule has 0 rings (SSSR count). The number of primary amides is 1. The summed E-state index contributed by atoms with van der Waals surface area (Å²) >= 11 is 0. The van der Waals surface area contributed by atoms with Crippen LogP contribution in [0, 0.1) is 11.8 Å². The molecule has 200 valence electrons. The molecule has 35 heavy (non-hydrogen) atoms. The van der Waals surface area contributed by atoms with Crippen LogP contribution in [0.15, 0.2) is 0 Å². The van der Waals surface area contributed by atoms with Gasteiger partial charge in [-0.3, -0.25) is 24.0 Å². The van der Waals surface area contributed by atoms with Crippen molar-refractivity contribution in [2.75, 3.05) is 0 Å². The van der Waals surface area contributed by atoms with Crippen molar-refractivity contribution in [2.24, 2.45) is 23.3 Å². The first-order valence-corrected chi connectivity index (χ1v) is 11.5. The van der Waals surface area contributed by atoms with E-state index in [-0.39, 0.29) is 37.5 Å². The van der Waals surface area contributed by atoms with Crippen LogP contribution in [-0.2, 0) is 28.8 Å². The molecule has 0 radical (unpaired) electrons. The Hall–Kier alpha value is -3.22. The number of amides is 4. The fourth-order valence-electron chi connectivity index (χ4n) is 3.22. The molecule has 13 heteroatoms. The Morgan fingerprint density at radius 2 is 1.11 bits per heavy atom. The van der Waals surface area contributed by atoms with Crippen molar-refractivity contribution in [3.8, 4) is 0 Å². The molecule has 0 aromatic carbocycles. The second kappa shape index (κ2) is 15.6. The summed E-state index contributed by atoms with van der Waals surface area (Å²) < 4.78 is 0. The maximum absolute atomic E-state index is 12.9. The SMILES string of the molecule is CC(C)CC(N)C(=O)NC(CCC(N)=O)C(=O)NC(CCC(=O)O)C(=O)NC(CC(C)C)C(=O)O. The van der Waals surface area contributed by atoms with Gasteiger partial charge in [-0.25, -0.2) is 4.79 Å². The van der Waals surface area contributed by atoms with Crippen LogP contribution in [0.4, 0.5) is 0 Å². The molecule has 0 fully saturated rings. The highest BCUT2D eigenvalue weighted by Crippen LogP contribution is 2.08.